The van der Waals surface area contributed by atoms with Crippen LogP contribution in [0.1, 0.15) is 42.6 Å². The van der Waals surface area contributed by atoms with E-state index >= 15 is 0 Å². The summed E-state index contributed by atoms with van der Waals surface area (Å²) in [6.45, 7) is 1.35. The van der Waals surface area contributed by atoms with E-state index < -0.39 is 0 Å². The van der Waals surface area contributed by atoms with Gasteiger partial charge >= 0.3 is 0 Å². The van der Waals surface area contributed by atoms with Gasteiger partial charge in [-0.25, -0.2) is 0 Å². The Labute approximate surface area is 115 Å². The lowest BCUT2D eigenvalue weighted by Gasteiger charge is -2.13. The minimum Gasteiger partial charge on any atom is -0.392 e. The first-order valence-electron chi connectivity index (χ1n) is 7.08. The molecule has 0 bridgehead atoms. The van der Waals surface area contributed by atoms with E-state index in [1.807, 2.05) is 11.7 Å². The van der Waals surface area contributed by atoms with E-state index in [4.69, 9.17) is 6.42 Å². The predicted octanol–water partition coefficient (Wildman–Crippen LogP) is 1.16. The Hall–Kier alpha value is -1.31. The Morgan fingerprint density at radius 2 is 2.26 bits per heavy atom. The lowest BCUT2D eigenvalue weighted by Crippen LogP contribution is -2.27. The van der Waals surface area contributed by atoms with Crippen molar-refractivity contribution in [3.8, 4) is 12.3 Å². The van der Waals surface area contributed by atoms with E-state index in [2.05, 4.69) is 16.3 Å². The molecule has 1 unspecified atom stereocenters. The lowest BCUT2D eigenvalue weighted by atomic mass is 9.96. The molecule has 0 saturated carbocycles. The number of terminal acetylenes is 1. The quantitative estimate of drug-likeness (QED) is 0.756. The minimum absolute atomic E-state index is 0.361. The van der Waals surface area contributed by atoms with E-state index in [1.165, 1.54) is 29.8 Å². The molecule has 4 heteroatoms. The Balaban J connectivity index is 1.86. The fourth-order valence-electron chi connectivity index (χ4n) is 2.68. The number of fused-ring (bicyclic) bond motifs is 1. The molecule has 2 rings (SSSR count). The Kier molecular flexibility index (Phi) is 5.00. The summed E-state index contributed by atoms with van der Waals surface area (Å²) in [5.41, 5.74) is 3.94. The van der Waals surface area contributed by atoms with Crippen LogP contribution in [0.4, 0.5) is 0 Å². The van der Waals surface area contributed by atoms with Crippen LogP contribution in [0.15, 0.2) is 0 Å². The first-order chi connectivity index (χ1) is 9.22. The molecule has 0 radical (unpaired) electrons. The van der Waals surface area contributed by atoms with Crippen molar-refractivity contribution in [1.29, 1.82) is 0 Å². The number of aliphatic hydroxyl groups excluding tert-OH is 1. The second kappa shape index (κ2) is 6.74. The Bertz CT molecular complexity index is 459. The number of hydrogen-bond donors (Lipinski definition) is 2. The fourth-order valence-corrected chi connectivity index (χ4v) is 2.68. The maximum atomic E-state index is 9.74. The van der Waals surface area contributed by atoms with Gasteiger partial charge in [-0.05, 0) is 37.7 Å². The van der Waals surface area contributed by atoms with Crippen molar-refractivity contribution >= 4 is 0 Å². The molecular weight excluding hydrogens is 238 g/mol. The van der Waals surface area contributed by atoms with Crippen molar-refractivity contribution in [2.24, 2.45) is 7.05 Å². The highest BCUT2D eigenvalue weighted by atomic mass is 16.3. The van der Waals surface area contributed by atoms with Crippen LogP contribution >= 0.6 is 0 Å². The third-order valence-electron chi connectivity index (χ3n) is 3.74. The highest BCUT2D eigenvalue weighted by Crippen LogP contribution is 2.23. The number of aromatic nitrogens is 2. The summed E-state index contributed by atoms with van der Waals surface area (Å²) in [7, 11) is 2.00. The van der Waals surface area contributed by atoms with Crippen molar-refractivity contribution in [1.82, 2.24) is 15.1 Å². The maximum absolute atomic E-state index is 9.74. The van der Waals surface area contributed by atoms with Gasteiger partial charge in [-0.2, -0.15) is 5.10 Å². The van der Waals surface area contributed by atoms with Crippen LogP contribution in [0, 0.1) is 12.3 Å². The molecule has 1 atom stereocenters. The van der Waals surface area contributed by atoms with Crippen molar-refractivity contribution in [3.05, 3.63) is 17.0 Å². The van der Waals surface area contributed by atoms with Gasteiger partial charge in [0.05, 0.1) is 17.5 Å². The summed E-state index contributed by atoms with van der Waals surface area (Å²) in [4.78, 5) is 0. The zero-order chi connectivity index (χ0) is 13.7. The number of hydrogen-bond acceptors (Lipinski definition) is 3. The molecule has 0 amide bonds. The van der Waals surface area contributed by atoms with Crippen LogP contribution in [0.2, 0.25) is 0 Å². The van der Waals surface area contributed by atoms with Crippen LogP contribution in [0.25, 0.3) is 0 Å². The molecule has 0 aliphatic heterocycles. The molecule has 19 heavy (non-hydrogen) atoms. The average Bonchev–Trinajstić information content (AvgIpc) is 2.73. The molecule has 0 fully saturated rings. The topological polar surface area (TPSA) is 50.1 Å². The summed E-state index contributed by atoms with van der Waals surface area (Å²) in [6, 6.07) is 0. The molecular formula is C15H23N3O. The van der Waals surface area contributed by atoms with Gasteiger partial charge < -0.3 is 10.4 Å². The summed E-state index contributed by atoms with van der Waals surface area (Å²) in [6.07, 6.45) is 10.9. The summed E-state index contributed by atoms with van der Waals surface area (Å²) < 4.78 is 1.98. The first kappa shape index (κ1) is 14.1. The molecule has 0 aromatic carbocycles. The number of aryl methyl sites for hydroxylation is 2. The van der Waals surface area contributed by atoms with E-state index in [1.54, 1.807) is 0 Å². The van der Waals surface area contributed by atoms with Crippen molar-refractivity contribution < 1.29 is 5.11 Å². The summed E-state index contributed by atoms with van der Waals surface area (Å²) in [5.74, 6) is 2.55. The molecule has 1 aromatic rings. The number of nitrogens with zero attached hydrogens (tertiary/aromatic N) is 2. The van der Waals surface area contributed by atoms with Gasteiger partial charge in [0, 0.05) is 26.6 Å². The highest BCUT2D eigenvalue weighted by Gasteiger charge is 2.18. The van der Waals surface area contributed by atoms with Crippen molar-refractivity contribution in [3.63, 3.8) is 0 Å². The van der Waals surface area contributed by atoms with Crippen molar-refractivity contribution in [2.45, 2.75) is 51.2 Å². The first-order valence-corrected chi connectivity index (χ1v) is 7.08. The Morgan fingerprint density at radius 3 is 3.05 bits per heavy atom. The van der Waals surface area contributed by atoms with Crippen LogP contribution in [0.5, 0.6) is 0 Å². The predicted molar refractivity (Wildman–Crippen MR) is 75.6 cm³/mol. The summed E-state index contributed by atoms with van der Waals surface area (Å²) >= 11 is 0. The third-order valence-corrected chi connectivity index (χ3v) is 3.74. The van der Waals surface area contributed by atoms with Crippen LogP contribution in [0.3, 0.4) is 0 Å². The number of aliphatic hydroxyl groups is 1. The smallest absolute Gasteiger partial charge is 0.0673 e. The minimum atomic E-state index is -0.361. The van der Waals surface area contributed by atoms with Crippen LogP contribution in [-0.4, -0.2) is 27.5 Å². The Morgan fingerprint density at radius 1 is 1.47 bits per heavy atom. The van der Waals surface area contributed by atoms with E-state index in [9.17, 15) is 5.11 Å². The normalized spacial score (nSPS) is 15.8. The SMILES string of the molecule is C#CCCC(O)CNCc1c2c(nn1C)CCCC2. The zero-order valence-electron chi connectivity index (χ0n) is 11.7. The standard InChI is InChI=1S/C15H23N3O/c1-3-4-7-12(19)10-16-11-15-13-8-5-6-9-14(13)17-18(15)2/h1,12,16,19H,4-11H2,2H3. The third kappa shape index (κ3) is 3.59. The fraction of sp³-hybridized carbons (Fsp3) is 0.667. The zero-order valence-corrected chi connectivity index (χ0v) is 11.7. The average molecular weight is 261 g/mol. The monoisotopic (exact) mass is 261 g/mol. The highest BCUT2D eigenvalue weighted by molar-refractivity contribution is 5.28. The van der Waals surface area contributed by atoms with Crippen LogP contribution in [-0.2, 0) is 26.4 Å². The maximum Gasteiger partial charge on any atom is 0.0673 e. The lowest BCUT2D eigenvalue weighted by molar-refractivity contribution is 0.163. The van der Waals surface area contributed by atoms with Crippen LogP contribution < -0.4 is 5.32 Å². The number of rotatable bonds is 6. The molecule has 4 nitrogen and oxygen atoms in total. The van der Waals surface area contributed by atoms with E-state index in [0.717, 1.165) is 19.4 Å². The van der Waals surface area contributed by atoms with Crippen molar-refractivity contribution in [2.75, 3.05) is 6.54 Å². The molecule has 1 aromatic heterocycles. The molecule has 1 aliphatic carbocycles. The second-order valence-corrected chi connectivity index (χ2v) is 5.23. The van der Waals surface area contributed by atoms with Gasteiger partial charge in [0.1, 0.15) is 0 Å². The molecule has 1 heterocycles. The van der Waals surface area contributed by atoms with Gasteiger partial charge in [-0.15, -0.1) is 12.3 Å². The van der Waals surface area contributed by atoms with Gasteiger partial charge in [-0.1, -0.05) is 0 Å². The van der Waals surface area contributed by atoms with Gasteiger partial charge in [0.25, 0.3) is 0 Å². The largest absolute Gasteiger partial charge is 0.392 e. The second-order valence-electron chi connectivity index (χ2n) is 5.23. The summed E-state index contributed by atoms with van der Waals surface area (Å²) in [5, 5.41) is 17.6. The van der Waals surface area contributed by atoms with Gasteiger partial charge in [0.2, 0.25) is 0 Å². The molecule has 0 spiro atoms. The molecule has 0 saturated heterocycles. The molecule has 2 N–H and O–H groups in total. The van der Waals surface area contributed by atoms with E-state index in [0.29, 0.717) is 19.4 Å². The molecule has 104 valence electrons. The number of nitrogens with one attached hydrogen (secondary N) is 1. The van der Waals surface area contributed by atoms with E-state index in [-0.39, 0.29) is 6.10 Å². The van der Waals surface area contributed by atoms with Gasteiger partial charge in [0.15, 0.2) is 0 Å². The molecule has 1 aliphatic rings. The van der Waals surface area contributed by atoms with Gasteiger partial charge in [-0.3, -0.25) is 4.68 Å².